The van der Waals surface area contributed by atoms with Gasteiger partial charge in [0.05, 0.1) is 18.3 Å². The van der Waals surface area contributed by atoms with Gasteiger partial charge >= 0.3 is 0 Å². The number of hydrogen-bond donors (Lipinski definition) is 3. The summed E-state index contributed by atoms with van der Waals surface area (Å²) in [4.78, 5) is 13.1. The molecule has 0 radical (unpaired) electrons. The predicted molar refractivity (Wildman–Crippen MR) is 109 cm³/mol. The lowest BCUT2D eigenvalue weighted by Gasteiger charge is -2.19. The Morgan fingerprint density at radius 3 is 2.56 bits per heavy atom. The molecule has 0 bridgehead atoms. The van der Waals surface area contributed by atoms with Crippen LogP contribution in [0.5, 0.6) is 0 Å². The molecule has 156 valence electrons. The van der Waals surface area contributed by atoms with E-state index in [1.807, 2.05) is 12.2 Å². The molecular weight excluding hydrogens is 342 g/mol. The zero-order valence-corrected chi connectivity index (χ0v) is 17.3. The quantitative estimate of drug-likeness (QED) is 0.358. The maximum absolute atomic E-state index is 11.5. The first-order chi connectivity index (χ1) is 12.9. The molecule has 3 N–H and O–H groups in total. The molecular formula is C22H39NO4. The van der Waals surface area contributed by atoms with Gasteiger partial charge in [0.25, 0.3) is 0 Å². The fourth-order valence-electron chi connectivity index (χ4n) is 3.63. The fourth-order valence-corrected chi connectivity index (χ4v) is 3.63. The number of carbonyl (C=O) groups excluding carboxylic acids is 1. The van der Waals surface area contributed by atoms with E-state index in [2.05, 4.69) is 13.0 Å². The number of amides is 1. The van der Waals surface area contributed by atoms with Gasteiger partial charge in [-0.3, -0.25) is 4.79 Å². The highest BCUT2D eigenvalue weighted by Crippen LogP contribution is 2.36. The van der Waals surface area contributed by atoms with Crippen LogP contribution in [0, 0.1) is 11.8 Å². The third-order valence-electron chi connectivity index (χ3n) is 5.41. The van der Waals surface area contributed by atoms with E-state index in [-0.39, 0.29) is 17.7 Å². The topological polar surface area (TPSA) is 81.0 Å². The van der Waals surface area contributed by atoms with E-state index in [1.54, 1.807) is 25.1 Å². The molecule has 1 saturated carbocycles. The predicted octanol–water partition coefficient (Wildman–Crippen LogP) is 3.05. The molecule has 0 aliphatic heterocycles. The van der Waals surface area contributed by atoms with Crippen LogP contribution < -0.4 is 0 Å². The zero-order valence-electron chi connectivity index (χ0n) is 17.3. The Morgan fingerprint density at radius 1 is 1.15 bits per heavy atom. The van der Waals surface area contributed by atoms with Crippen molar-refractivity contribution in [2.45, 2.75) is 83.0 Å². The monoisotopic (exact) mass is 381 g/mol. The first kappa shape index (κ1) is 23.9. The van der Waals surface area contributed by atoms with Gasteiger partial charge in [0.2, 0.25) is 5.91 Å². The highest BCUT2D eigenvalue weighted by Gasteiger charge is 2.39. The summed E-state index contributed by atoms with van der Waals surface area (Å²) in [6.45, 7) is 2.14. The Kier molecular flexibility index (Phi) is 11.6. The van der Waals surface area contributed by atoms with Gasteiger partial charge in [-0.1, -0.05) is 50.5 Å². The van der Waals surface area contributed by atoms with Crippen LogP contribution in [-0.2, 0) is 4.79 Å². The van der Waals surface area contributed by atoms with E-state index >= 15 is 0 Å². The van der Waals surface area contributed by atoms with E-state index < -0.39 is 18.3 Å². The minimum absolute atomic E-state index is 0.0289. The zero-order chi connectivity index (χ0) is 20.2. The van der Waals surface area contributed by atoms with Crippen molar-refractivity contribution < 1.29 is 20.1 Å². The highest BCUT2D eigenvalue weighted by atomic mass is 16.3. The third kappa shape index (κ3) is 9.04. The Labute approximate surface area is 164 Å². The normalized spacial score (nSPS) is 26.9. The Balaban J connectivity index is 2.44. The number of allylic oxidation sites excluding steroid dienone is 2. The van der Waals surface area contributed by atoms with Crippen LogP contribution in [-0.4, -0.2) is 58.5 Å². The summed E-state index contributed by atoms with van der Waals surface area (Å²) in [6.07, 6.45) is 13.5. The SMILES string of the molecule is CCCCCC(O)/C=C/[C@@H]1[C@@H](C/C=C\CCCC(=O)N(C)C)[C@@H](O)C[C@H]1O. The maximum atomic E-state index is 11.5. The number of aliphatic hydroxyl groups excluding tert-OH is 3. The molecule has 0 aromatic rings. The first-order valence-corrected chi connectivity index (χ1v) is 10.4. The Bertz CT molecular complexity index is 475. The van der Waals surface area contributed by atoms with Gasteiger partial charge in [-0.25, -0.2) is 0 Å². The van der Waals surface area contributed by atoms with E-state index in [9.17, 15) is 20.1 Å². The van der Waals surface area contributed by atoms with Crippen LogP contribution in [0.1, 0.15) is 64.7 Å². The maximum Gasteiger partial charge on any atom is 0.222 e. The number of carbonyl (C=O) groups is 1. The van der Waals surface area contributed by atoms with Gasteiger partial charge < -0.3 is 20.2 Å². The summed E-state index contributed by atoms with van der Waals surface area (Å²) in [5, 5.41) is 30.6. The van der Waals surface area contributed by atoms with Crippen molar-refractivity contribution >= 4 is 5.91 Å². The van der Waals surface area contributed by atoms with Crippen molar-refractivity contribution in [3.63, 3.8) is 0 Å². The summed E-state index contributed by atoms with van der Waals surface area (Å²) < 4.78 is 0. The molecule has 5 nitrogen and oxygen atoms in total. The minimum Gasteiger partial charge on any atom is -0.393 e. The smallest absolute Gasteiger partial charge is 0.222 e. The minimum atomic E-state index is -0.560. The molecule has 0 aromatic heterocycles. The number of nitrogens with zero attached hydrogens (tertiary/aromatic N) is 1. The number of aliphatic hydroxyl groups is 3. The van der Waals surface area contributed by atoms with E-state index in [1.165, 1.54) is 0 Å². The molecule has 1 amide bonds. The van der Waals surface area contributed by atoms with Crippen molar-refractivity contribution in [3.8, 4) is 0 Å². The second-order valence-electron chi connectivity index (χ2n) is 7.95. The second-order valence-corrected chi connectivity index (χ2v) is 7.95. The molecule has 0 heterocycles. The fraction of sp³-hybridized carbons (Fsp3) is 0.773. The lowest BCUT2D eigenvalue weighted by Crippen LogP contribution is -2.21. The lowest BCUT2D eigenvalue weighted by atomic mass is 9.89. The van der Waals surface area contributed by atoms with E-state index in [4.69, 9.17) is 0 Å². The molecule has 1 fully saturated rings. The second kappa shape index (κ2) is 13.1. The van der Waals surface area contributed by atoms with Crippen LogP contribution in [0.3, 0.4) is 0 Å². The van der Waals surface area contributed by atoms with Crippen molar-refractivity contribution in [1.29, 1.82) is 0 Å². The van der Waals surface area contributed by atoms with Crippen LogP contribution in [0.4, 0.5) is 0 Å². The van der Waals surface area contributed by atoms with Gasteiger partial charge in [-0.05, 0) is 31.6 Å². The van der Waals surface area contributed by atoms with Crippen LogP contribution in [0.15, 0.2) is 24.3 Å². The average molecular weight is 382 g/mol. The molecule has 5 atom stereocenters. The van der Waals surface area contributed by atoms with E-state index in [0.29, 0.717) is 19.3 Å². The lowest BCUT2D eigenvalue weighted by molar-refractivity contribution is -0.128. The van der Waals surface area contributed by atoms with Gasteiger partial charge in [0.15, 0.2) is 0 Å². The highest BCUT2D eigenvalue weighted by molar-refractivity contribution is 5.75. The summed E-state index contributed by atoms with van der Waals surface area (Å²) in [5.41, 5.74) is 0. The van der Waals surface area contributed by atoms with Crippen LogP contribution in [0.25, 0.3) is 0 Å². The van der Waals surface area contributed by atoms with Gasteiger partial charge in [0.1, 0.15) is 0 Å². The molecule has 0 aromatic carbocycles. The van der Waals surface area contributed by atoms with Crippen molar-refractivity contribution in [3.05, 3.63) is 24.3 Å². The summed E-state index contributed by atoms with van der Waals surface area (Å²) in [5.74, 6) is -0.0139. The number of unbranched alkanes of at least 4 members (excludes halogenated alkanes) is 3. The molecule has 1 aliphatic carbocycles. The summed E-state index contributed by atoms with van der Waals surface area (Å²) >= 11 is 0. The van der Waals surface area contributed by atoms with Gasteiger partial charge in [-0.2, -0.15) is 0 Å². The Morgan fingerprint density at radius 2 is 1.89 bits per heavy atom. The van der Waals surface area contributed by atoms with Crippen LogP contribution >= 0.6 is 0 Å². The summed E-state index contributed by atoms with van der Waals surface area (Å²) in [6, 6.07) is 0. The number of rotatable bonds is 12. The van der Waals surface area contributed by atoms with E-state index in [0.717, 1.165) is 38.5 Å². The van der Waals surface area contributed by atoms with Crippen molar-refractivity contribution in [2.24, 2.45) is 11.8 Å². The van der Waals surface area contributed by atoms with Crippen molar-refractivity contribution in [2.75, 3.05) is 14.1 Å². The molecule has 27 heavy (non-hydrogen) atoms. The third-order valence-corrected chi connectivity index (χ3v) is 5.41. The molecule has 0 spiro atoms. The van der Waals surface area contributed by atoms with Gasteiger partial charge in [-0.15, -0.1) is 0 Å². The van der Waals surface area contributed by atoms with Crippen LogP contribution in [0.2, 0.25) is 0 Å². The Hall–Kier alpha value is -1.17. The van der Waals surface area contributed by atoms with Crippen molar-refractivity contribution in [1.82, 2.24) is 4.90 Å². The number of hydrogen-bond acceptors (Lipinski definition) is 4. The summed E-state index contributed by atoms with van der Waals surface area (Å²) in [7, 11) is 3.53. The first-order valence-electron chi connectivity index (χ1n) is 10.4. The molecule has 1 rings (SSSR count). The molecule has 0 saturated heterocycles. The standard InChI is InChI=1S/C22H39NO4/c1-4-5-8-11-17(24)14-15-19-18(20(25)16-21(19)26)12-9-6-7-10-13-22(27)23(2)3/h6,9,14-15,17-21,24-26H,4-5,7-8,10-13,16H2,1-3H3/b9-6-,15-14+/t17?,18-,19-,20+,21-/m1/s1. The van der Waals surface area contributed by atoms with Gasteiger partial charge in [0, 0.05) is 32.9 Å². The molecule has 1 unspecified atom stereocenters. The average Bonchev–Trinajstić information content (AvgIpc) is 2.88. The molecule has 1 aliphatic rings. The molecule has 5 heteroatoms. The largest absolute Gasteiger partial charge is 0.393 e.